The molecule has 1 aliphatic rings. The average Bonchev–Trinajstić information content (AvgIpc) is 3.15. The highest BCUT2D eigenvalue weighted by molar-refractivity contribution is 6.07. The molecule has 156 valence electrons. The van der Waals surface area contributed by atoms with Crippen LogP contribution in [0.1, 0.15) is 27.3 Å². The van der Waals surface area contributed by atoms with Gasteiger partial charge in [0.2, 0.25) is 0 Å². The van der Waals surface area contributed by atoms with Crippen molar-refractivity contribution in [1.29, 1.82) is 0 Å². The number of carbonyl (C=O) groups is 1. The fraction of sp³-hybridized carbons (Fsp3) is 0.238. The maximum Gasteiger partial charge on any atom is 0.435 e. The summed E-state index contributed by atoms with van der Waals surface area (Å²) in [4.78, 5) is 14.7. The van der Waals surface area contributed by atoms with Gasteiger partial charge in [-0.15, -0.1) is 0 Å². The molecule has 0 unspecified atom stereocenters. The number of nitrogens with two attached hydrogens (primary N) is 1. The van der Waals surface area contributed by atoms with Crippen LogP contribution in [0.4, 0.5) is 18.9 Å². The molecule has 0 saturated heterocycles. The third-order valence-electron chi connectivity index (χ3n) is 5.09. The van der Waals surface area contributed by atoms with Crippen LogP contribution in [0, 0.1) is 0 Å². The summed E-state index contributed by atoms with van der Waals surface area (Å²) in [6.07, 6.45) is -4.61. The first kappa shape index (κ1) is 20.0. The summed E-state index contributed by atoms with van der Waals surface area (Å²) in [6.45, 7) is 0.489. The van der Waals surface area contributed by atoms with E-state index in [1.807, 2.05) is 0 Å². The Hall–Kier alpha value is -3.33. The Balaban J connectivity index is 1.82. The number of methoxy groups -OCH3 is 1. The molecule has 0 atom stereocenters. The highest BCUT2D eigenvalue weighted by Crippen LogP contribution is 2.37. The third kappa shape index (κ3) is 3.41. The van der Waals surface area contributed by atoms with E-state index in [9.17, 15) is 18.0 Å². The lowest BCUT2D eigenvalue weighted by molar-refractivity contribution is -0.141. The number of rotatable bonds is 4. The van der Waals surface area contributed by atoms with Crippen molar-refractivity contribution in [3.8, 4) is 11.4 Å². The molecule has 1 aromatic heterocycles. The van der Waals surface area contributed by atoms with E-state index in [2.05, 4.69) is 5.10 Å². The Morgan fingerprint density at radius 1 is 1.07 bits per heavy atom. The van der Waals surface area contributed by atoms with E-state index in [0.717, 1.165) is 10.2 Å². The number of alkyl halides is 3. The van der Waals surface area contributed by atoms with Gasteiger partial charge in [-0.3, -0.25) is 4.79 Å². The molecule has 30 heavy (non-hydrogen) atoms. The molecule has 1 aliphatic heterocycles. The molecular formula is C21H19F3N4O2. The lowest BCUT2D eigenvalue weighted by Crippen LogP contribution is -2.39. The van der Waals surface area contributed by atoms with Crippen LogP contribution in [-0.4, -0.2) is 29.3 Å². The summed E-state index contributed by atoms with van der Waals surface area (Å²) in [5, 5.41) is 3.78. The molecule has 9 heteroatoms. The van der Waals surface area contributed by atoms with Crippen molar-refractivity contribution < 1.29 is 22.7 Å². The maximum absolute atomic E-state index is 13.6. The molecule has 2 heterocycles. The van der Waals surface area contributed by atoms with Crippen molar-refractivity contribution in [2.75, 3.05) is 18.6 Å². The summed E-state index contributed by atoms with van der Waals surface area (Å²) in [5.74, 6) is 0.0133. The number of hydrogen-bond donors (Lipinski definition) is 1. The van der Waals surface area contributed by atoms with Gasteiger partial charge >= 0.3 is 6.18 Å². The van der Waals surface area contributed by atoms with Crippen LogP contribution < -0.4 is 15.4 Å². The van der Waals surface area contributed by atoms with Crippen LogP contribution >= 0.6 is 0 Å². The predicted octanol–water partition coefficient (Wildman–Crippen LogP) is 3.56. The first-order valence-electron chi connectivity index (χ1n) is 9.28. The molecule has 6 nitrogen and oxygen atoms in total. The summed E-state index contributed by atoms with van der Waals surface area (Å²) in [5.41, 5.74) is 6.25. The molecule has 0 bridgehead atoms. The number of halogens is 3. The van der Waals surface area contributed by atoms with Crippen LogP contribution in [0.3, 0.4) is 0 Å². The van der Waals surface area contributed by atoms with Gasteiger partial charge < -0.3 is 15.4 Å². The Morgan fingerprint density at radius 2 is 1.70 bits per heavy atom. The van der Waals surface area contributed by atoms with Crippen molar-refractivity contribution in [3.63, 3.8) is 0 Å². The molecular weight excluding hydrogens is 397 g/mol. The van der Waals surface area contributed by atoms with Gasteiger partial charge in [-0.05, 0) is 48.4 Å². The highest BCUT2D eigenvalue weighted by atomic mass is 19.4. The zero-order valence-corrected chi connectivity index (χ0v) is 16.1. The number of anilines is 1. The second-order valence-electron chi connectivity index (χ2n) is 6.86. The molecule has 1 amide bonds. The molecule has 4 rings (SSSR count). The standard InChI is InChI=1S/C21H19F3N4O2/c1-30-16-8-6-15(7-9-16)28-18-17(19(26-28)21(22,23)24)10-11-27(20(18)29)14-4-2-13(12-25)3-5-14/h2-9H,10-12,25H2,1H3. The number of benzene rings is 2. The number of amides is 1. The topological polar surface area (TPSA) is 73.4 Å². The van der Waals surface area contributed by atoms with E-state index in [1.165, 1.54) is 12.0 Å². The van der Waals surface area contributed by atoms with E-state index in [1.54, 1.807) is 48.5 Å². The van der Waals surface area contributed by atoms with Gasteiger partial charge in [0, 0.05) is 24.3 Å². The third-order valence-corrected chi connectivity index (χ3v) is 5.09. The Morgan fingerprint density at radius 3 is 2.27 bits per heavy atom. The Labute approximate surface area is 170 Å². The summed E-state index contributed by atoms with van der Waals surface area (Å²) in [7, 11) is 1.49. The zero-order valence-electron chi connectivity index (χ0n) is 16.1. The molecule has 2 N–H and O–H groups in total. The van der Waals surface area contributed by atoms with E-state index in [4.69, 9.17) is 10.5 Å². The lowest BCUT2D eigenvalue weighted by atomic mass is 10.0. The molecule has 0 radical (unpaired) electrons. The van der Waals surface area contributed by atoms with Crippen molar-refractivity contribution in [3.05, 3.63) is 71.0 Å². The first-order valence-corrected chi connectivity index (χ1v) is 9.28. The normalized spacial score (nSPS) is 14.0. The lowest BCUT2D eigenvalue weighted by Gasteiger charge is -2.28. The predicted molar refractivity (Wildman–Crippen MR) is 105 cm³/mol. The molecule has 0 aliphatic carbocycles. The van der Waals surface area contributed by atoms with Gasteiger partial charge in [-0.25, -0.2) is 4.68 Å². The van der Waals surface area contributed by atoms with Crippen molar-refractivity contribution in [2.24, 2.45) is 5.73 Å². The van der Waals surface area contributed by atoms with Crippen LogP contribution in [0.15, 0.2) is 48.5 Å². The second-order valence-corrected chi connectivity index (χ2v) is 6.86. The first-order chi connectivity index (χ1) is 14.3. The smallest absolute Gasteiger partial charge is 0.435 e. The zero-order chi connectivity index (χ0) is 21.5. The van der Waals surface area contributed by atoms with Gasteiger partial charge in [0.25, 0.3) is 5.91 Å². The minimum atomic E-state index is -4.66. The van der Waals surface area contributed by atoms with E-state index >= 15 is 0 Å². The maximum atomic E-state index is 13.6. The summed E-state index contributed by atoms with van der Waals surface area (Å²) < 4.78 is 47.0. The molecule has 0 fully saturated rings. The number of aromatic nitrogens is 2. The van der Waals surface area contributed by atoms with Crippen molar-refractivity contribution >= 4 is 11.6 Å². The molecule has 3 aromatic rings. The number of fused-ring (bicyclic) bond motifs is 1. The van der Waals surface area contributed by atoms with Gasteiger partial charge in [-0.2, -0.15) is 18.3 Å². The van der Waals surface area contributed by atoms with E-state index in [-0.39, 0.29) is 24.2 Å². The SMILES string of the molecule is COc1ccc(-n2nc(C(F)(F)F)c3c2C(=O)N(c2ccc(CN)cc2)CC3)cc1. The van der Waals surface area contributed by atoms with Gasteiger partial charge in [0.1, 0.15) is 11.4 Å². The highest BCUT2D eigenvalue weighted by Gasteiger charge is 2.43. The number of ether oxygens (including phenoxy) is 1. The minimum absolute atomic E-state index is 0.0463. The van der Waals surface area contributed by atoms with Gasteiger partial charge in [-0.1, -0.05) is 12.1 Å². The monoisotopic (exact) mass is 416 g/mol. The fourth-order valence-corrected chi connectivity index (χ4v) is 3.56. The molecule has 0 saturated carbocycles. The van der Waals surface area contributed by atoms with Crippen LogP contribution in [0.25, 0.3) is 5.69 Å². The molecule has 2 aromatic carbocycles. The molecule has 0 spiro atoms. The van der Waals surface area contributed by atoms with Crippen LogP contribution in [0.2, 0.25) is 0 Å². The van der Waals surface area contributed by atoms with E-state index < -0.39 is 17.8 Å². The summed E-state index contributed by atoms with van der Waals surface area (Å²) in [6, 6.07) is 13.4. The van der Waals surface area contributed by atoms with Gasteiger partial charge in [0.05, 0.1) is 12.8 Å². The Kier molecular flexibility index (Phi) is 4.98. The number of hydrogen-bond acceptors (Lipinski definition) is 4. The van der Waals surface area contributed by atoms with Crippen molar-refractivity contribution in [1.82, 2.24) is 9.78 Å². The minimum Gasteiger partial charge on any atom is -0.497 e. The number of carbonyl (C=O) groups excluding carboxylic acids is 1. The summed E-state index contributed by atoms with van der Waals surface area (Å²) >= 11 is 0. The number of nitrogens with zero attached hydrogens (tertiary/aromatic N) is 3. The van der Waals surface area contributed by atoms with Gasteiger partial charge in [0.15, 0.2) is 5.69 Å². The van der Waals surface area contributed by atoms with Crippen molar-refractivity contribution in [2.45, 2.75) is 19.1 Å². The average molecular weight is 416 g/mol. The van der Waals surface area contributed by atoms with Crippen LogP contribution in [0.5, 0.6) is 5.75 Å². The second kappa shape index (κ2) is 7.49. The fourth-order valence-electron chi connectivity index (χ4n) is 3.56. The van der Waals surface area contributed by atoms with E-state index in [0.29, 0.717) is 23.7 Å². The Bertz CT molecular complexity index is 1070. The van der Waals surface area contributed by atoms with Crippen LogP contribution in [-0.2, 0) is 19.1 Å². The quantitative estimate of drug-likeness (QED) is 0.706. The largest absolute Gasteiger partial charge is 0.497 e.